The Hall–Kier alpha value is -2.60. The van der Waals surface area contributed by atoms with E-state index >= 15 is 0 Å². The highest BCUT2D eigenvalue weighted by atomic mass is 79.9. The van der Waals surface area contributed by atoms with Gasteiger partial charge in [0.25, 0.3) is 5.91 Å². The van der Waals surface area contributed by atoms with Crippen molar-refractivity contribution >= 4 is 33.9 Å². The zero-order chi connectivity index (χ0) is 17.3. The Kier molecular flexibility index (Phi) is 4.40. The average Bonchev–Trinajstić information content (AvgIpc) is 2.80. The molecule has 1 aliphatic rings. The monoisotopic (exact) mass is 386 g/mol. The fourth-order valence-corrected chi connectivity index (χ4v) is 2.77. The number of imide groups is 1. The SMILES string of the molecule is Cc1ccc(CN2C(=O)N/C(=C/c3cc(Br)ccc3O)C2=O)cc1. The molecule has 2 aromatic carbocycles. The molecule has 0 aliphatic carbocycles. The number of nitrogens with zero attached hydrogens (tertiary/aromatic N) is 1. The molecular formula is C18H15BrN2O3. The fourth-order valence-electron chi connectivity index (χ4n) is 2.39. The molecule has 2 aromatic rings. The number of benzene rings is 2. The standard InChI is InChI=1S/C18H15BrN2O3/c1-11-2-4-12(5-3-11)10-21-17(23)15(20-18(21)24)9-13-8-14(19)6-7-16(13)22/h2-9,22H,10H2,1H3,(H,20,24)/b15-9+. The van der Waals surface area contributed by atoms with E-state index in [-0.39, 0.29) is 18.0 Å². The van der Waals surface area contributed by atoms with Crippen molar-refractivity contribution in [3.63, 3.8) is 0 Å². The highest BCUT2D eigenvalue weighted by molar-refractivity contribution is 9.10. The normalized spacial score (nSPS) is 15.9. The summed E-state index contributed by atoms with van der Waals surface area (Å²) < 4.78 is 0.764. The summed E-state index contributed by atoms with van der Waals surface area (Å²) in [6.07, 6.45) is 1.47. The quantitative estimate of drug-likeness (QED) is 0.625. The lowest BCUT2D eigenvalue weighted by Crippen LogP contribution is -2.30. The maximum absolute atomic E-state index is 12.5. The lowest BCUT2D eigenvalue weighted by atomic mass is 10.1. The van der Waals surface area contributed by atoms with Gasteiger partial charge in [-0.2, -0.15) is 0 Å². The smallest absolute Gasteiger partial charge is 0.329 e. The molecule has 122 valence electrons. The number of aromatic hydroxyl groups is 1. The minimum Gasteiger partial charge on any atom is -0.507 e. The Morgan fingerprint density at radius 2 is 1.88 bits per heavy atom. The summed E-state index contributed by atoms with van der Waals surface area (Å²) in [4.78, 5) is 25.7. The largest absolute Gasteiger partial charge is 0.507 e. The highest BCUT2D eigenvalue weighted by Crippen LogP contribution is 2.25. The van der Waals surface area contributed by atoms with Gasteiger partial charge in [0.05, 0.1) is 6.54 Å². The summed E-state index contributed by atoms with van der Waals surface area (Å²) in [5, 5.41) is 12.4. The molecule has 0 radical (unpaired) electrons. The number of phenols is 1. The Morgan fingerprint density at radius 3 is 2.58 bits per heavy atom. The molecular weight excluding hydrogens is 372 g/mol. The summed E-state index contributed by atoms with van der Waals surface area (Å²) in [5.41, 5.74) is 2.57. The zero-order valence-corrected chi connectivity index (χ0v) is 14.5. The van der Waals surface area contributed by atoms with Crippen LogP contribution in [0, 0.1) is 6.92 Å². The van der Waals surface area contributed by atoms with Crippen molar-refractivity contribution in [1.82, 2.24) is 10.2 Å². The summed E-state index contributed by atoms with van der Waals surface area (Å²) in [6.45, 7) is 2.18. The van der Waals surface area contributed by atoms with Crippen molar-refractivity contribution in [2.75, 3.05) is 0 Å². The van der Waals surface area contributed by atoms with E-state index in [9.17, 15) is 14.7 Å². The summed E-state index contributed by atoms with van der Waals surface area (Å²) in [6, 6.07) is 12.0. The van der Waals surface area contributed by atoms with E-state index < -0.39 is 11.9 Å². The molecule has 1 saturated heterocycles. The van der Waals surface area contributed by atoms with Crippen molar-refractivity contribution in [2.45, 2.75) is 13.5 Å². The van der Waals surface area contributed by atoms with Gasteiger partial charge >= 0.3 is 6.03 Å². The van der Waals surface area contributed by atoms with Crippen molar-refractivity contribution in [2.24, 2.45) is 0 Å². The first kappa shape index (κ1) is 16.3. The number of aryl methyl sites for hydroxylation is 1. The van der Waals surface area contributed by atoms with Gasteiger partial charge < -0.3 is 10.4 Å². The average molecular weight is 387 g/mol. The minimum atomic E-state index is -0.471. The molecule has 0 saturated carbocycles. The van der Waals surface area contributed by atoms with Gasteiger partial charge in [-0.1, -0.05) is 45.8 Å². The molecule has 2 N–H and O–H groups in total. The fraction of sp³-hybridized carbons (Fsp3) is 0.111. The lowest BCUT2D eigenvalue weighted by Gasteiger charge is -2.11. The first-order valence-corrected chi connectivity index (χ1v) is 8.12. The molecule has 0 unspecified atom stereocenters. The molecule has 1 aliphatic heterocycles. The molecule has 3 amide bonds. The number of halogens is 1. The van der Waals surface area contributed by atoms with Gasteiger partial charge in [-0.25, -0.2) is 4.79 Å². The number of rotatable bonds is 3. The third kappa shape index (κ3) is 3.33. The molecule has 24 heavy (non-hydrogen) atoms. The van der Waals surface area contributed by atoms with Crippen LogP contribution < -0.4 is 5.32 Å². The first-order chi connectivity index (χ1) is 11.4. The van der Waals surface area contributed by atoms with Crippen LogP contribution in [0.1, 0.15) is 16.7 Å². The summed E-state index contributed by atoms with van der Waals surface area (Å²) >= 11 is 3.31. The van der Waals surface area contributed by atoms with E-state index in [4.69, 9.17) is 0 Å². The Balaban J connectivity index is 1.84. The number of amides is 3. The van der Waals surface area contributed by atoms with Crippen LogP contribution >= 0.6 is 15.9 Å². The summed E-state index contributed by atoms with van der Waals surface area (Å²) in [5.74, 6) is -0.385. The zero-order valence-electron chi connectivity index (χ0n) is 12.9. The van der Waals surface area contributed by atoms with Crippen LogP contribution in [0.15, 0.2) is 52.6 Å². The third-order valence-electron chi connectivity index (χ3n) is 3.71. The van der Waals surface area contributed by atoms with Gasteiger partial charge in [0.15, 0.2) is 0 Å². The van der Waals surface area contributed by atoms with Crippen molar-refractivity contribution < 1.29 is 14.7 Å². The molecule has 1 heterocycles. The molecule has 0 aromatic heterocycles. The van der Waals surface area contributed by atoms with Gasteiger partial charge in [-0.15, -0.1) is 0 Å². The lowest BCUT2D eigenvalue weighted by molar-refractivity contribution is -0.123. The predicted octanol–water partition coefficient (Wildman–Crippen LogP) is 3.56. The van der Waals surface area contributed by atoms with Gasteiger partial charge in [0, 0.05) is 10.0 Å². The van der Waals surface area contributed by atoms with Gasteiger partial charge in [0.1, 0.15) is 11.4 Å². The van der Waals surface area contributed by atoms with E-state index in [1.54, 1.807) is 12.1 Å². The Bertz CT molecular complexity index is 844. The van der Waals surface area contributed by atoms with Crippen LogP contribution in [0.25, 0.3) is 6.08 Å². The second kappa shape index (κ2) is 6.49. The maximum atomic E-state index is 12.5. The number of nitrogens with one attached hydrogen (secondary N) is 1. The van der Waals surface area contributed by atoms with Crippen molar-refractivity contribution in [1.29, 1.82) is 0 Å². The number of hydrogen-bond acceptors (Lipinski definition) is 3. The molecule has 3 rings (SSSR count). The van der Waals surface area contributed by atoms with E-state index in [2.05, 4.69) is 21.2 Å². The van der Waals surface area contributed by atoms with Crippen molar-refractivity contribution in [3.05, 3.63) is 69.3 Å². The van der Waals surface area contributed by atoms with Gasteiger partial charge in [0.2, 0.25) is 0 Å². The molecule has 5 nitrogen and oxygen atoms in total. The number of hydrogen-bond donors (Lipinski definition) is 2. The Morgan fingerprint density at radius 1 is 1.17 bits per heavy atom. The Labute approximate surface area is 147 Å². The van der Waals surface area contributed by atoms with Gasteiger partial charge in [-0.3, -0.25) is 9.69 Å². The molecule has 6 heteroatoms. The third-order valence-corrected chi connectivity index (χ3v) is 4.21. The first-order valence-electron chi connectivity index (χ1n) is 7.32. The predicted molar refractivity (Wildman–Crippen MR) is 94.0 cm³/mol. The number of carbonyl (C=O) groups excluding carboxylic acids is 2. The van der Waals surface area contributed by atoms with E-state index in [0.717, 1.165) is 20.5 Å². The van der Waals surface area contributed by atoms with Crippen molar-refractivity contribution in [3.8, 4) is 5.75 Å². The van der Waals surface area contributed by atoms with E-state index in [0.29, 0.717) is 5.56 Å². The summed E-state index contributed by atoms with van der Waals surface area (Å²) in [7, 11) is 0. The molecule has 0 bridgehead atoms. The number of carbonyl (C=O) groups is 2. The van der Waals surface area contributed by atoms with Crippen LogP contribution in [0.3, 0.4) is 0 Å². The van der Waals surface area contributed by atoms with E-state index in [1.165, 1.54) is 12.1 Å². The second-order valence-corrected chi connectivity index (χ2v) is 6.48. The van der Waals surface area contributed by atoms with Crippen LogP contribution in [0.2, 0.25) is 0 Å². The molecule has 0 spiro atoms. The molecule has 1 fully saturated rings. The number of phenolic OH excluding ortho intramolecular Hbond substituents is 1. The highest BCUT2D eigenvalue weighted by Gasteiger charge is 2.33. The maximum Gasteiger partial charge on any atom is 0.329 e. The number of urea groups is 1. The van der Waals surface area contributed by atoms with Crippen LogP contribution in [-0.2, 0) is 11.3 Å². The van der Waals surface area contributed by atoms with Gasteiger partial charge in [-0.05, 0) is 36.8 Å². The van der Waals surface area contributed by atoms with E-state index in [1.807, 2.05) is 31.2 Å². The minimum absolute atomic E-state index is 0.0322. The van der Waals surface area contributed by atoms with Crippen LogP contribution in [-0.4, -0.2) is 21.9 Å². The second-order valence-electron chi connectivity index (χ2n) is 5.57. The topological polar surface area (TPSA) is 69.6 Å². The van der Waals surface area contributed by atoms with Crippen LogP contribution in [0.4, 0.5) is 4.79 Å². The molecule has 0 atom stereocenters. The van der Waals surface area contributed by atoms with Crippen LogP contribution in [0.5, 0.6) is 5.75 Å².